The molecule has 1 N–H and O–H groups in total. The molecule has 1 aliphatic rings. The molecule has 3 rings (SSSR count). The molecule has 1 heterocycles. The first-order valence-electron chi connectivity index (χ1n) is 8.53. The van der Waals surface area contributed by atoms with Crippen molar-refractivity contribution >= 4 is 5.91 Å². The molecule has 140 valence electrons. The monoisotopic (exact) mass is 366 g/mol. The third kappa shape index (κ3) is 4.27. The van der Waals surface area contributed by atoms with Crippen molar-refractivity contribution in [1.82, 2.24) is 10.2 Å². The van der Waals surface area contributed by atoms with Gasteiger partial charge in [0.1, 0.15) is 5.76 Å². The van der Waals surface area contributed by atoms with Gasteiger partial charge in [-0.3, -0.25) is 9.69 Å². The molecular formula is C19H21F3N2O2. The van der Waals surface area contributed by atoms with Crippen LogP contribution in [0.4, 0.5) is 13.2 Å². The van der Waals surface area contributed by atoms with Crippen LogP contribution in [0.3, 0.4) is 0 Å². The number of furan rings is 1. The first kappa shape index (κ1) is 18.5. The molecule has 0 radical (unpaired) electrons. The topological polar surface area (TPSA) is 45.5 Å². The van der Waals surface area contributed by atoms with Crippen LogP contribution in [-0.2, 0) is 6.18 Å². The molecule has 0 saturated heterocycles. The molecule has 0 aliphatic heterocycles. The average Bonchev–Trinajstić information content (AvgIpc) is 3.34. The predicted octanol–water partition coefficient (Wildman–Crippen LogP) is 4.18. The van der Waals surface area contributed by atoms with Crippen LogP contribution in [0.25, 0.3) is 11.3 Å². The third-order valence-corrected chi connectivity index (χ3v) is 4.68. The average molecular weight is 366 g/mol. The van der Waals surface area contributed by atoms with Crippen molar-refractivity contribution in [2.24, 2.45) is 0 Å². The van der Waals surface area contributed by atoms with Gasteiger partial charge in [0.15, 0.2) is 5.76 Å². The number of nitrogens with one attached hydrogen (secondary N) is 1. The summed E-state index contributed by atoms with van der Waals surface area (Å²) < 4.78 is 43.9. The van der Waals surface area contributed by atoms with Crippen molar-refractivity contribution < 1.29 is 22.4 Å². The highest BCUT2D eigenvalue weighted by molar-refractivity contribution is 5.92. The number of likely N-dealkylation sites (N-methyl/N-ethyl adjacent to an activating group) is 1. The highest BCUT2D eigenvalue weighted by Crippen LogP contribution is 2.32. The minimum Gasteiger partial charge on any atom is -0.451 e. The van der Waals surface area contributed by atoms with Crippen molar-refractivity contribution in [2.75, 3.05) is 13.6 Å². The lowest BCUT2D eigenvalue weighted by atomic mass is 10.1. The van der Waals surface area contributed by atoms with E-state index in [0.717, 1.165) is 12.1 Å². The van der Waals surface area contributed by atoms with E-state index >= 15 is 0 Å². The van der Waals surface area contributed by atoms with Gasteiger partial charge in [-0.25, -0.2) is 0 Å². The Labute approximate surface area is 150 Å². The van der Waals surface area contributed by atoms with Gasteiger partial charge in [-0.1, -0.05) is 12.1 Å². The van der Waals surface area contributed by atoms with E-state index in [1.165, 1.54) is 37.1 Å². The molecule has 1 unspecified atom stereocenters. The SMILES string of the molecule is CC(CNC(=O)c1ccc(-c2cccc(C(F)(F)F)c2)o1)N(C)C1CC1. The Morgan fingerprint density at radius 3 is 2.69 bits per heavy atom. The highest BCUT2D eigenvalue weighted by Gasteiger charge is 2.31. The molecule has 1 saturated carbocycles. The van der Waals surface area contributed by atoms with Crippen LogP contribution in [0.1, 0.15) is 35.9 Å². The molecule has 26 heavy (non-hydrogen) atoms. The van der Waals surface area contributed by atoms with Gasteiger partial charge in [-0.15, -0.1) is 0 Å². The summed E-state index contributed by atoms with van der Waals surface area (Å²) in [6.07, 6.45) is -2.05. The van der Waals surface area contributed by atoms with Gasteiger partial charge in [0.05, 0.1) is 5.56 Å². The van der Waals surface area contributed by atoms with Crippen molar-refractivity contribution in [3.63, 3.8) is 0 Å². The summed E-state index contributed by atoms with van der Waals surface area (Å²) in [5.41, 5.74) is -0.477. The quantitative estimate of drug-likeness (QED) is 0.834. The second-order valence-electron chi connectivity index (χ2n) is 6.70. The van der Waals surface area contributed by atoms with Crippen molar-refractivity contribution in [2.45, 2.75) is 38.0 Å². The first-order chi connectivity index (χ1) is 12.3. The number of hydrogen-bond acceptors (Lipinski definition) is 3. The number of carbonyl (C=O) groups excluding carboxylic acids is 1. The van der Waals surface area contributed by atoms with E-state index in [0.29, 0.717) is 12.6 Å². The van der Waals surface area contributed by atoms with Gasteiger partial charge in [-0.05, 0) is 51.1 Å². The smallest absolute Gasteiger partial charge is 0.416 e. The van der Waals surface area contributed by atoms with E-state index in [1.54, 1.807) is 0 Å². The van der Waals surface area contributed by atoms with Crippen LogP contribution in [-0.4, -0.2) is 36.5 Å². The Hall–Kier alpha value is -2.28. The Bertz CT molecular complexity index is 781. The third-order valence-electron chi connectivity index (χ3n) is 4.68. The van der Waals surface area contributed by atoms with E-state index in [4.69, 9.17) is 4.42 Å². The van der Waals surface area contributed by atoms with E-state index in [2.05, 4.69) is 10.2 Å². The summed E-state index contributed by atoms with van der Waals surface area (Å²) in [6.45, 7) is 2.51. The van der Waals surface area contributed by atoms with Gasteiger partial charge in [0.2, 0.25) is 0 Å². The van der Waals surface area contributed by atoms with E-state index in [9.17, 15) is 18.0 Å². The number of hydrogen-bond donors (Lipinski definition) is 1. The fourth-order valence-corrected chi connectivity index (χ4v) is 2.78. The van der Waals surface area contributed by atoms with Gasteiger partial charge in [-0.2, -0.15) is 13.2 Å². The molecular weight excluding hydrogens is 345 g/mol. The largest absolute Gasteiger partial charge is 0.451 e. The van der Waals surface area contributed by atoms with E-state index in [1.807, 2.05) is 14.0 Å². The summed E-state index contributed by atoms with van der Waals surface area (Å²) in [5, 5.41) is 2.81. The number of rotatable bonds is 6. The van der Waals surface area contributed by atoms with Gasteiger partial charge < -0.3 is 9.73 Å². The summed E-state index contributed by atoms with van der Waals surface area (Å²) in [4.78, 5) is 14.5. The zero-order valence-electron chi connectivity index (χ0n) is 14.6. The molecule has 1 aromatic carbocycles. The molecule has 1 fully saturated rings. The van der Waals surface area contributed by atoms with Crippen LogP contribution >= 0.6 is 0 Å². The Morgan fingerprint density at radius 1 is 1.31 bits per heavy atom. The molecule has 7 heteroatoms. The lowest BCUT2D eigenvalue weighted by Gasteiger charge is -2.24. The second-order valence-corrected chi connectivity index (χ2v) is 6.70. The van der Waals surface area contributed by atoms with Crippen LogP contribution < -0.4 is 5.32 Å². The van der Waals surface area contributed by atoms with E-state index in [-0.39, 0.29) is 29.0 Å². The first-order valence-corrected chi connectivity index (χ1v) is 8.53. The second kappa shape index (κ2) is 7.15. The van der Waals surface area contributed by atoms with Crippen molar-refractivity contribution in [3.05, 3.63) is 47.7 Å². The van der Waals surface area contributed by atoms with Crippen LogP contribution in [0.2, 0.25) is 0 Å². The zero-order chi connectivity index (χ0) is 18.9. The zero-order valence-corrected chi connectivity index (χ0v) is 14.6. The minimum atomic E-state index is -4.42. The molecule has 1 amide bonds. The van der Waals surface area contributed by atoms with Gasteiger partial charge >= 0.3 is 6.18 Å². The molecule has 0 bridgehead atoms. The summed E-state index contributed by atoms with van der Waals surface area (Å²) in [7, 11) is 2.03. The Kier molecular flexibility index (Phi) is 5.09. The maximum Gasteiger partial charge on any atom is 0.416 e. The molecule has 4 nitrogen and oxygen atoms in total. The molecule has 2 aromatic rings. The molecule has 0 spiro atoms. The molecule has 1 atom stereocenters. The maximum atomic E-state index is 12.8. The molecule has 1 aliphatic carbocycles. The predicted molar refractivity (Wildman–Crippen MR) is 91.7 cm³/mol. The van der Waals surface area contributed by atoms with Crippen LogP contribution in [0, 0.1) is 0 Å². The lowest BCUT2D eigenvalue weighted by molar-refractivity contribution is -0.137. The molecule has 1 aromatic heterocycles. The van der Waals surface area contributed by atoms with Gasteiger partial charge in [0.25, 0.3) is 5.91 Å². The van der Waals surface area contributed by atoms with E-state index < -0.39 is 11.7 Å². The maximum absolute atomic E-state index is 12.8. The van der Waals surface area contributed by atoms with Crippen LogP contribution in [0.15, 0.2) is 40.8 Å². The normalized spacial score (nSPS) is 15.9. The summed E-state index contributed by atoms with van der Waals surface area (Å²) in [5.74, 6) is -0.0673. The standard InChI is InChI=1S/C19H21F3N2O2/c1-12(24(2)15-6-7-15)11-23-18(25)17-9-8-16(26-17)13-4-3-5-14(10-13)19(20,21)22/h3-5,8-10,12,15H,6-7,11H2,1-2H3,(H,23,25). The number of halogens is 3. The number of alkyl halides is 3. The summed E-state index contributed by atoms with van der Waals surface area (Å²) >= 11 is 0. The van der Waals surface area contributed by atoms with Crippen LogP contribution in [0.5, 0.6) is 0 Å². The fourth-order valence-electron chi connectivity index (χ4n) is 2.78. The lowest BCUT2D eigenvalue weighted by Crippen LogP contribution is -2.41. The van der Waals surface area contributed by atoms with Crippen molar-refractivity contribution in [1.29, 1.82) is 0 Å². The number of amides is 1. The fraction of sp³-hybridized carbons (Fsp3) is 0.421. The van der Waals surface area contributed by atoms with Crippen molar-refractivity contribution in [3.8, 4) is 11.3 Å². The highest BCUT2D eigenvalue weighted by atomic mass is 19.4. The Balaban J connectivity index is 1.64. The van der Waals surface area contributed by atoms with Gasteiger partial charge in [0, 0.05) is 24.2 Å². The summed E-state index contributed by atoms with van der Waals surface area (Å²) in [6, 6.07) is 8.61. The number of nitrogens with zero attached hydrogens (tertiary/aromatic N) is 1. The number of carbonyl (C=O) groups is 1. The number of benzene rings is 1. The Morgan fingerprint density at radius 2 is 2.04 bits per heavy atom. The minimum absolute atomic E-state index is 0.0821.